The zero-order valence-electron chi connectivity index (χ0n) is 16.2. The van der Waals surface area contributed by atoms with Crippen molar-refractivity contribution in [3.8, 4) is 5.75 Å². The van der Waals surface area contributed by atoms with E-state index in [-0.39, 0.29) is 12.2 Å². The van der Waals surface area contributed by atoms with E-state index in [4.69, 9.17) is 9.84 Å². The van der Waals surface area contributed by atoms with Gasteiger partial charge in [0.15, 0.2) is 0 Å². The van der Waals surface area contributed by atoms with E-state index in [2.05, 4.69) is 10.1 Å². The Kier molecular flexibility index (Phi) is 5.44. The lowest BCUT2D eigenvalue weighted by Crippen LogP contribution is -2.32. The van der Waals surface area contributed by atoms with E-state index >= 15 is 0 Å². The largest absolute Gasteiger partial charge is 0.488 e. The highest BCUT2D eigenvalue weighted by atomic mass is 16.5. The minimum Gasteiger partial charge on any atom is -0.488 e. The lowest BCUT2D eigenvalue weighted by Gasteiger charge is -2.09. The molecule has 1 heterocycles. The zero-order valence-corrected chi connectivity index (χ0v) is 16.2. The van der Waals surface area contributed by atoms with E-state index in [1.54, 1.807) is 60.7 Å². The van der Waals surface area contributed by atoms with Gasteiger partial charge in [-0.25, -0.2) is 9.59 Å². The Morgan fingerprint density at radius 1 is 1.03 bits per heavy atom. The van der Waals surface area contributed by atoms with E-state index in [9.17, 15) is 14.4 Å². The molecular formula is C23H17N3O5. The summed E-state index contributed by atoms with van der Waals surface area (Å²) in [6.45, 7) is 0.141. The predicted octanol–water partition coefficient (Wildman–Crippen LogP) is 2.85. The fourth-order valence-electron chi connectivity index (χ4n) is 3.05. The third kappa shape index (κ3) is 4.27. The number of carbonyl (C=O) groups is 1. The van der Waals surface area contributed by atoms with Gasteiger partial charge in [-0.2, -0.15) is 5.10 Å². The first-order valence-electron chi connectivity index (χ1n) is 9.35. The molecule has 0 radical (unpaired) electrons. The number of carboxylic acid groups (broad SMARTS) is 1. The quantitative estimate of drug-likeness (QED) is 0.470. The molecule has 0 saturated carbocycles. The van der Waals surface area contributed by atoms with Gasteiger partial charge in [0.05, 0.1) is 22.7 Å². The summed E-state index contributed by atoms with van der Waals surface area (Å²) in [7, 11) is 0. The van der Waals surface area contributed by atoms with Crippen molar-refractivity contribution in [3.63, 3.8) is 0 Å². The van der Waals surface area contributed by atoms with Crippen LogP contribution in [0.5, 0.6) is 5.75 Å². The summed E-state index contributed by atoms with van der Waals surface area (Å²) < 4.78 is 6.58. The van der Waals surface area contributed by atoms with Crippen LogP contribution in [0.15, 0.2) is 87.5 Å². The lowest BCUT2D eigenvalue weighted by molar-refractivity contribution is 0.0696. The van der Waals surface area contributed by atoms with Crippen molar-refractivity contribution in [2.45, 2.75) is 6.61 Å². The molecule has 0 unspecified atom stereocenters. The van der Waals surface area contributed by atoms with Crippen molar-refractivity contribution in [2.24, 2.45) is 5.10 Å². The Bertz CT molecular complexity index is 1420. The number of nitrogens with zero attached hydrogens (tertiary/aromatic N) is 2. The van der Waals surface area contributed by atoms with Crippen LogP contribution in [-0.4, -0.2) is 27.0 Å². The highest BCUT2D eigenvalue weighted by molar-refractivity contribution is 5.87. The minimum absolute atomic E-state index is 0.141. The first-order chi connectivity index (χ1) is 15.0. The van der Waals surface area contributed by atoms with Crippen molar-refractivity contribution < 1.29 is 14.6 Å². The Hall–Kier alpha value is -4.46. The van der Waals surface area contributed by atoms with Gasteiger partial charge >= 0.3 is 11.7 Å². The number of ether oxygens (including phenoxy) is 1. The fourth-order valence-corrected chi connectivity index (χ4v) is 3.05. The Labute approximate surface area is 175 Å². The Morgan fingerprint density at radius 3 is 2.65 bits per heavy atom. The monoisotopic (exact) mass is 415 g/mol. The molecule has 1 aromatic heterocycles. The number of nitrogens with one attached hydrogen (secondary N) is 1. The second-order valence-electron chi connectivity index (χ2n) is 6.67. The summed E-state index contributed by atoms with van der Waals surface area (Å²) in [6, 6.07) is 20.1. The first-order valence-corrected chi connectivity index (χ1v) is 9.35. The molecular weight excluding hydrogens is 398 g/mol. The fraction of sp³-hybridized carbons (Fsp3) is 0.0435. The summed E-state index contributed by atoms with van der Waals surface area (Å²) in [4.78, 5) is 38.6. The molecule has 0 bridgehead atoms. The predicted molar refractivity (Wildman–Crippen MR) is 116 cm³/mol. The number of fused-ring (bicyclic) bond motifs is 1. The number of H-pyrrole nitrogens is 1. The highest BCUT2D eigenvalue weighted by Crippen LogP contribution is 2.18. The molecule has 154 valence electrons. The third-order valence-electron chi connectivity index (χ3n) is 4.58. The van der Waals surface area contributed by atoms with Crippen LogP contribution in [0.1, 0.15) is 21.5 Å². The highest BCUT2D eigenvalue weighted by Gasteiger charge is 2.08. The zero-order chi connectivity index (χ0) is 21.8. The van der Waals surface area contributed by atoms with E-state index < -0.39 is 17.2 Å². The van der Waals surface area contributed by atoms with Crippen molar-refractivity contribution >= 4 is 23.1 Å². The minimum atomic E-state index is -1.01. The number of rotatable bonds is 6. The van der Waals surface area contributed by atoms with E-state index in [0.717, 1.165) is 4.68 Å². The molecule has 31 heavy (non-hydrogen) atoms. The number of aromatic nitrogens is 2. The van der Waals surface area contributed by atoms with Crippen LogP contribution in [0.2, 0.25) is 0 Å². The molecule has 8 nitrogen and oxygen atoms in total. The second kappa shape index (κ2) is 8.50. The van der Waals surface area contributed by atoms with Gasteiger partial charge in [-0.1, -0.05) is 36.4 Å². The van der Waals surface area contributed by atoms with Crippen LogP contribution in [-0.2, 0) is 6.61 Å². The smallest absolute Gasteiger partial charge is 0.349 e. The number of aromatic carboxylic acids is 1. The summed E-state index contributed by atoms with van der Waals surface area (Å²) in [5, 5.41) is 13.5. The van der Waals surface area contributed by atoms with Gasteiger partial charge in [-0.05, 0) is 42.0 Å². The first kappa shape index (κ1) is 19.8. The maximum Gasteiger partial charge on any atom is 0.349 e. The average Bonchev–Trinajstić information content (AvgIpc) is 2.78. The van der Waals surface area contributed by atoms with E-state index in [1.807, 2.05) is 0 Å². The molecule has 4 rings (SSSR count). The van der Waals surface area contributed by atoms with Crippen molar-refractivity contribution in [2.75, 3.05) is 0 Å². The molecule has 2 N–H and O–H groups in total. The molecule has 0 aliphatic heterocycles. The van der Waals surface area contributed by atoms with Crippen LogP contribution in [0.25, 0.3) is 10.9 Å². The number of para-hydroxylation sites is 2. The van der Waals surface area contributed by atoms with Gasteiger partial charge in [0.1, 0.15) is 12.4 Å². The maximum absolute atomic E-state index is 12.6. The molecule has 0 spiro atoms. The second-order valence-corrected chi connectivity index (χ2v) is 6.67. The molecule has 0 atom stereocenters. The van der Waals surface area contributed by atoms with Gasteiger partial charge in [-0.15, -0.1) is 4.68 Å². The molecule has 8 heteroatoms. The molecule has 0 aliphatic carbocycles. The van der Waals surface area contributed by atoms with Gasteiger partial charge in [0.2, 0.25) is 0 Å². The number of carboxylic acids is 1. The Balaban J connectivity index is 1.61. The van der Waals surface area contributed by atoms with E-state index in [0.29, 0.717) is 27.8 Å². The SMILES string of the molecule is O=C(O)c1cccc(COc2ccccc2C=Nn2c(=O)[nH]c3ccccc3c2=O)c1. The molecule has 0 saturated heterocycles. The van der Waals surface area contributed by atoms with Gasteiger partial charge in [0, 0.05) is 5.56 Å². The molecule has 0 amide bonds. The summed E-state index contributed by atoms with van der Waals surface area (Å²) in [5.74, 6) is -0.544. The summed E-state index contributed by atoms with van der Waals surface area (Å²) >= 11 is 0. The average molecular weight is 415 g/mol. The Morgan fingerprint density at radius 2 is 1.81 bits per heavy atom. The number of benzene rings is 3. The third-order valence-corrected chi connectivity index (χ3v) is 4.58. The number of hydrogen-bond acceptors (Lipinski definition) is 5. The van der Waals surface area contributed by atoms with Crippen LogP contribution in [0.4, 0.5) is 0 Å². The van der Waals surface area contributed by atoms with Crippen LogP contribution in [0, 0.1) is 0 Å². The normalized spacial score (nSPS) is 11.1. The molecule has 4 aromatic rings. The summed E-state index contributed by atoms with van der Waals surface area (Å²) in [5.41, 5.74) is 0.677. The number of hydrogen-bond donors (Lipinski definition) is 2. The topological polar surface area (TPSA) is 114 Å². The summed E-state index contributed by atoms with van der Waals surface area (Å²) in [6.07, 6.45) is 1.37. The van der Waals surface area contributed by atoms with Gasteiger partial charge in [0.25, 0.3) is 5.56 Å². The van der Waals surface area contributed by atoms with Gasteiger partial charge in [-0.3, -0.25) is 4.79 Å². The van der Waals surface area contributed by atoms with Crippen LogP contribution >= 0.6 is 0 Å². The van der Waals surface area contributed by atoms with Crippen molar-refractivity contribution in [3.05, 3.63) is 110 Å². The molecule has 0 fully saturated rings. The van der Waals surface area contributed by atoms with Crippen molar-refractivity contribution in [1.29, 1.82) is 0 Å². The van der Waals surface area contributed by atoms with Crippen molar-refractivity contribution in [1.82, 2.24) is 9.66 Å². The standard InChI is InChI=1S/C23H17N3O5/c27-21-18-9-2-3-10-19(18)25-23(30)26(21)24-13-17-7-1-4-11-20(17)31-14-15-6-5-8-16(12-15)22(28)29/h1-13H,14H2,(H,25,30)(H,28,29). The maximum atomic E-state index is 12.6. The van der Waals surface area contributed by atoms with Crippen LogP contribution in [0.3, 0.4) is 0 Å². The lowest BCUT2D eigenvalue weighted by atomic mass is 10.1. The van der Waals surface area contributed by atoms with Crippen LogP contribution < -0.4 is 16.0 Å². The van der Waals surface area contributed by atoms with E-state index in [1.165, 1.54) is 18.3 Å². The molecule has 0 aliphatic rings. The van der Waals surface area contributed by atoms with Gasteiger partial charge < -0.3 is 14.8 Å². The number of aromatic amines is 1. The molecule has 3 aromatic carbocycles.